The summed E-state index contributed by atoms with van der Waals surface area (Å²) >= 11 is 0. The van der Waals surface area contributed by atoms with Gasteiger partial charge in [-0.1, -0.05) is 25.5 Å². The van der Waals surface area contributed by atoms with Crippen LogP contribution in [0.15, 0.2) is 11.6 Å². The summed E-state index contributed by atoms with van der Waals surface area (Å²) in [6, 6.07) is 0. The summed E-state index contributed by atoms with van der Waals surface area (Å²) in [5.74, 6) is 0.0545. The predicted molar refractivity (Wildman–Crippen MR) is 96.2 cm³/mol. The maximum Gasteiger partial charge on any atom is 0.346 e. The monoisotopic (exact) mass is 378 g/mol. The molecule has 0 amide bonds. The standard InChI is InChI=1S/C19H32F2O3S/c1-13(10-12-19(20,21)25(23,24)17(2,3)4)14-8-9-15-16(22)7-6-11-18(14,15)5/h8,13,15-16,22H,6-7,9-12H2,1-5H3/t13-,15+,16+,18-/m1/s1. The summed E-state index contributed by atoms with van der Waals surface area (Å²) in [6.45, 7) is 7.97. The highest BCUT2D eigenvalue weighted by molar-refractivity contribution is 7.93. The number of allylic oxidation sites excluding steroid dienone is 2. The fourth-order valence-corrected chi connectivity index (χ4v) is 5.92. The predicted octanol–water partition coefficient (Wildman–Crippen LogP) is 4.71. The van der Waals surface area contributed by atoms with Gasteiger partial charge in [-0.15, -0.1) is 0 Å². The molecule has 0 aromatic heterocycles. The second kappa shape index (κ2) is 6.59. The van der Waals surface area contributed by atoms with Gasteiger partial charge in [-0.25, -0.2) is 8.42 Å². The first kappa shape index (κ1) is 20.8. The van der Waals surface area contributed by atoms with Gasteiger partial charge in [0.1, 0.15) is 0 Å². The average Bonchev–Trinajstić information content (AvgIpc) is 2.82. The fourth-order valence-electron chi connectivity index (χ4n) is 4.64. The third-order valence-corrected chi connectivity index (χ3v) is 8.93. The van der Waals surface area contributed by atoms with Crippen LogP contribution in [0.4, 0.5) is 8.78 Å². The van der Waals surface area contributed by atoms with Crippen molar-refractivity contribution in [1.82, 2.24) is 0 Å². The van der Waals surface area contributed by atoms with Gasteiger partial charge in [-0.05, 0) is 70.1 Å². The van der Waals surface area contributed by atoms with Crippen molar-refractivity contribution < 1.29 is 22.3 Å². The van der Waals surface area contributed by atoms with Crippen molar-refractivity contribution in [3.8, 4) is 0 Å². The number of hydrogen-bond donors (Lipinski definition) is 1. The van der Waals surface area contributed by atoms with Gasteiger partial charge in [0.25, 0.3) is 0 Å². The molecule has 0 saturated heterocycles. The Morgan fingerprint density at radius 3 is 2.52 bits per heavy atom. The van der Waals surface area contributed by atoms with Gasteiger partial charge in [-0.2, -0.15) is 8.78 Å². The second-order valence-corrected chi connectivity index (χ2v) is 11.9. The third kappa shape index (κ3) is 3.53. The molecule has 0 spiro atoms. The zero-order valence-corrected chi connectivity index (χ0v) is 16.8. The van der Waals surface area contributed by atoms with Crippen molar-refractivity contribution in [2.45, 2.75) is 89.2 Å². The molecule has 0 aliphatic heterocycles. The molecule has 25 heavy (non-hydrogen) atoms. The molecule has 1 saturated carbocycles. The lowest BCUT2D eigenvalue weighted by Crippen LogP contribution is -2.42. The van der Waals surface area contributed by atoms with Crippen LogP contribution in [0.1, 0.15) is 73.1 Å². The lowest BCUT2D eigenvalue weighted by atomic mass is 9.63. The van der Waals surface area contributed by atoms with E-state index in [1.54, 1.807) is 0 Å². The first-order chi connectivity index (χ1) is 11.2. The summed E-state index contributed by atoms with van der Waals surface area (Å²) in [5.41, 5.74) is 0.982. The van der Waals surface area contributed by atoms with Crippen LogP contribution in [0.5, 0.6) is 0 Å². The van der Waals surface area contributed by atoms with Gasteiger partial charge in [-0.3, -0.25) is 0 Å². The SMILES string of the molecule is C[C@H](CCC(F)(F)S(=O)(=O)C(C)(C)C)C1=CC[C@H]2[C@@H](O)CCC[C@]12C. The van der Waals surface area contributed by atoms with E-state index in [4.69, 9.17) is 0 Å². The van der Waals surface area contributed by atoms with E-state index in [-0.39, 0.29) is 29.8 Å². The molecule has 2 aliphatic carbocycles. The van der Waals surface area contributed by atoms with Gasteiger partial charge in [0.2, 0.25) is 9.84 Å². The molecule has 0 unspecified atom stereocenters. The normalized spacial score (nSPS) is 32.2. The molecule has 146 valence electrons. The van der Waals surface area contributed by atoms with Crippen LogP contribution in [0.3, 0.4) is 0 Å². The molecular formula is C19H32F2O3S. The Morgan fingerprint density at radius 2 is 1.96 bits per heavy atom. The van der Waals surface area contributed by atoms with Gasteiger partial charge in [0.15, 0.2) is 0 Å². The average molecular weight is 379 g/mol. The molecular weight excluding hydrogens is 346 g/mol. The van der Waals surface area contributed by atoms with Crippen molar-refractivity contribution in [2.24, 2.45) is 17.3 Å². The van der Waals surface area contributed by atoms with Crippen LogP contribution in [0.25, 0.3) is 0 Å². The van der Waals surface area contributed by atoms with Crippen LogP contribution in [-0.4, -0.2) is 29.6 Å². The van der Waals surface area contributed by atoms with E-state index in [1.807, 2.05) is 6.92 Å². The minimum atomic E-state index is -4.54. The van der Waals surface area contributed by atoms with Crippen molar-refractivity contribution >= 4 is 9.84 Å². The van der Waals surface area contributed by atoms with Crippen molar-refractivity contribution in [3.63, 3.8) is 0 Å². The number of rotatable bonds is 5. The Hall–Kier alpha value is -0.490. The Morgan fingerprint density at radius 1 is 1.36 bits per heavy atom. The number of halogens is 2. The molecule has 0 heterocycles. The largest absolute Gasteiger partial charge is 0.393 e. The quantitative estimate of drug-likeness (QED) is 0.705. The number of fused-ring (bicyclic) bond motifs is 1. The highest BCUT2D eigenvalue weighted by atomic mass is 32.2. The molecule has 1 fully saturated rings. The minimum Gasteiger partial charge on any atom is -0.393 e. The Labute approximate surface area is 150 Å². The smallest absolute Gasteiger partial charge is 0.346 e. The summed E-state index contributed by atoms with van der Waals surface area (Å²) in [6.07, 6.45) is 4.73. The molecule has 1 N–H and O–H groups in total. The molecule has 0 aromatic rings. The Balaban J connectivity index is 2.10. The molecule has 3 nitrogen and oxygen atoms in total. The third-order valence-electron chi connectivity index (χ3n) is 6.33. The molecule has 4 atom stereocenters. The minimum absolute atomic E-state index is 0.110. The molecule has 6 heteroatoms. The highest BCUT2D eigenvalue weighted by Crippen LogP contribution is 2.55. The van der Waals surface area contributed by atoms with Crippen LogP contribution in [0, 0.1) is 17.3 Å². The van der Waals surface area contributed by atoms with Crippen molar-refractivity contribution in [2.75, 3.05) is 0 Å². The number of aliphatic hydroxyl groups is 1. The zero-order chi connectivity index (χ0) is 19.3. The van der Waals surface area contributed by atoms with Crippen molar-refractivity contribution in [3.05, 3.63) is 11.6 Å². The van der Waals surface area contributed by atoms with E-state index in [0.717, 1.165) is 31.3 Å². The van der Waals surface area contributed by atoms with Crippen molar-refractivity contribution in [1.29, 1.82) is 0 Å². The molecule has 0 aromatic carbocycles. The lowest BCUT2D eigenvalue weighted by molar-refractivity contribution is 0.00677. The van der Waals surface area contributed by atoms with Crippen LogP contribution in [-0.2, 0) is 9.84 Å². The first-order valence-corrected chi connectivity index (χ1v) is 10.7. The fraction of sp³-hybridized carbons (Fsp3) is 0.895. The number of hydrogen-bond acceptors (Lipinski definition) is 3. The van der Waals surface area contributed by atoms with E-state index in [2.05, 4.69) is 13.0 Å². The molecule has 0 radical (unpaired) electrons. The Bertz CT molecular complexity index is 634. The molecule has 0 bridgehead atoms. The maximum absolute atomic E-state index is 14.4. The molecule has 2 rings (SSSR count). The van der Waals surface area contributed by atoms with Gasteiger partial charge < -0.3 is 5.11 Å². The van der Waals surface area contributed by atoms with Crippen LogP contribution in [0.2, 0.25) is 0 Å². The summed E-state index contributed by atoms with van der Waals surface area (Å²) in [4.78, 5) is 0. The topological polar surface area (TPSA) is 54.4 Å². The zero-order valence-electron chi connectivity index (χ0n) is 16.0. The van der Waals surface area contributed by atoms with E-state index in [1.165, 1.54) is 20.8 Å². The number of aliphatic hydroxyl groups excluding tert-OH is 1. The summed E-state index contributed by atoms with van der Waals surface area (Å²) in [7, 11) is -4.54. The van der Waals surface area contributed by atoms with Gasteiger partial charge in [0.05, 0.1) is 10.9 Å². The van der Waals surface area contributed by atoms with Gasteiger partial charge in [0, 0.05) is 6.42 Å². The Kier molecular flexibility index (Phi) is 5.49. The lowest BCUT2D eigenvalue weighted by Gasteiger charge is -2.43. The van der Waals surface area contributed by atoms with E-state index < -0.39 is 26.3 Å². The summed E-state index contributed by atoms with van der Waals surface area (Å²) in [5, 5.41) is 6.55. The van der Waals surface area contributed by atoms with Crippen LogP contribution < -0.4 is 0 Å². The van der Waals surface area contributed by atoms with E-state index in [9.17, 15) is 22.3 Å². The first-order valence-electron chi connectivity index (χ1n) is 9.24. The van der Waals surface area contributed by atoms with Gasteiger partial charge >= 0.3 is 5.25 Å². The van der Waals surface area contributed by atoms with E-state index in [0.29, 0.717) is 0 Å². The number of sulfone groups is 1. The highest BCUT2D eigenvalue weighted by Gasteiger charge is 2.52. The molecule has 2 aliphatic rings. The maximum atomic E-state index is 14.4. The summed E-state index contributed by atoms with van der Waals surface area (Å²) < 4.78 is 51.6. The number of alkyl halides is 2. The van der Waals surface area contributed by atoms with E-state index >= 15 is 0 Å². The second-order valence-electron chi connectivity index (χ2n) is 9.07. The van der Waals surface area contributed by atoms with Crippen LogP contribution >= 0.6 is 0 Å².